The third-order valence-electron chi connectivity index (χ3n) is 8.60. The zero-order valence-corrected chi connectivity index (χ0v) is 33.8. The van der Waals surface area contributed by atoms with Crippen molar-refractivity contribution in [1.82, 2.24) is 30.2 Å². The molecule has 0 saturated carbocycles. The van der Waals surface area contributed by atoms with Crippen LogP contribution in [0, 0.1) is 0 Å². The first kappa shape index (κ1) is 43.9. The molecule has 1 aliphatic heterocycles. The summed E-state index contributed by atoms with van der Waals surface area (Å²) < 4.78 is 51.1. The summed E-state index contributed by atoms with van der Waals surface area (Å²) in [6.45, 7) is -5.63. The highest BCUT2D eigenvalue weighted by Gasteiger charge is 2.49. The number of carbonyl (C=O) groups excluding carboxylic acids is 2. The van der Waals surface area contributed by atoms with E-state index < -0.39 is 65.2 Å². The molecule has 5 aromatic rings. The number of nitrogen functional groups attached to an aromatic ring is 3. The van der Waals surface area contributed by atoms with Crippen LogP contribution in [0.3, 0.4) is 0 Å². The van der Waals surface area contributed by atoms with Gasteiger partial charge in [-0.3, -0.25) is 23.7 Å². The number of aromatic amines is 1. The van der Waals surface area contributed by atoms with E-state index in [1.54, 1.807) is 12.1 Å². The SMILES string of the molecule is Nc1ccc2cc3ccc(N)cc3[n+](CCCC(=O)NCCNC(=O)O[C@@H]3[C@H](O)[C@@H](COP(=O)(O)OP(=O)(O)OP(O)(O)=S)O[C@H]3n3cnc4c(=O)[nH]c(N)nc43)c2c1. The van der Waals surface area contributed by atoms with Crippen LogP contribution in [0.25, 0.3) is 33.0 Å². The minimum Gasteiger partial charge on any atom is -0.439 e. The molecule has 59 heavy (non-hydrogen) atoms. The number of benzene rings is 2. The van der Waals surface area contributed by atoms with Crippen LogP contribution in [-0.2, 0) is 54.9 Å². The van der Waals surface area contributed by atoms with E-state index in [1.807, 2.05) is 34.9 Å². The molecule has 0 spiro atoms. The maximum absolute atomic E-state index is 13.0. The first-order valence-corrected chi connectivity index (χ1v) is 22.8. The Labute approximate surface area is 336 Å². The second-order valence-electron chi connectivity index (χ2n) is 12.9. The van der Waals surface area contributed by atoms with Crippen molar-refractivity contribution in [2.75, 3.05) is 36.9 Å². The van der Waals surface area contributed by atoms with Crippen LogP contribution >= 0.6 is 22.4 Å². The summed E-state index contributed by atoms with van der Waals surface area (Å²) in [5.41, 5.74) is 19.6. The molecule has 1 saturated heterocycles. The number of H-pyrrole nitrogens is 1. The Balaban J connectivity index is 1.06. The minimum absolute atomic E-state index is 0.0293. The number of hydrogen-bond acceptors (Lipinski definition) is 17. The van der Waals surface area contributed by atoms with Crippen LogP contribution < -0.4 is 38.0 Å². The Morgan fingerprint density at radius 3 is 2.25 bits per heavy atom. The zero-order chi connectivity index (χ0) is 42.9. The number of ether oxygens (including phenoxy) is 2. The Bertz CT molecular complexity index is 2570. The first-order chi connectivity index (χ1) is 27.7. The monoisotopic (exact) mass is 903 g/mol. The lowest BCUT2D eigenvalue weighted by atomic mass is 10.1. The Kier molecular flexibility index (Phi) is 13.0. The molecule has 0 bridgehead atoms. The Hall–Kier alpha value is -4.65. The summed E-state index contributed by atoms with van der Waals surface area (Å²) in [6, 6.07) is 13.2. The van der Waals surface area contributed by atoms with Crippen molar-refractivity contribution < 1.29 is 70.6 Å². The fraction of sp³-hybridized carbons (Fsp3) is 0.333. The van der Waals surface area contributed by atoms with Crippen LogP contribution in [0.2, 0.25) is 0 Å². The molecule has 1 fully saturated rings. The van der Waals surface area contributed by atoms with E-state index >= 15 is 0 Å². The number of hydrogen-bond donors (Lipinski definition) is 11. The van der Waals surface area contributed by atoms with E-state index in [4.69, 9.17) is 36.5 Å². The van der Waals surface area contributed by atoms with Gasteiger partial charge >= 0.3 is 28.5 Å². The lowest BCUT2D eigenvalue weighted by Gasteiger charge is -2.22. The molecule has 1 aliphatic rings. The number of fused-ring (bicyclic) bond motifs is 3. The van der Waals surface area contributed by atoms with E-state index in [2.05, 4.69) is 50.5 Å². The number of imidazole rings is 1. The molecule has 29 heteroatoms. The van der Waals surface area contributed by atoms with Gasteiger partial charge in [-0.2, -0.15) is 13.9 Å². The standard InChI is InChI=1S/C30H37N10O15P3S/c31-17-5-3-15-10-16-4-6-18(32)12-20(16)39(19(15)11-17)9-1-2-22(41)34-7-8-35-30(44)53-25-24(42)21(13-51-56(45,46)54-57(47,48)55-58(49,50)59)52-28(25)40-14-36-23-26(40)37-29(33)38-27(23)43/h3-6,10-12,14,21,24-25,28,42H,1-2,7-9,13H2,(H12,31,32,33,34,35,37,38,41,43,44,45,46,47,48,49,50,59)/p+1/t21-,24-,25-,28-/m1/s1. The van der Waals surface area contributed by atoms with Crippen molar-refractivity contribution in [2.24, 2.45) is 0 Å². The van der Waals surface area contributed by atoms with Crippen LogP contribution in [0.4, 0.5) is 22.1 Å². The quantitative estimate of drug-likeness (QED) is 0.0202. The maximum Gasteiger partial charge on any atom is 0.488 e. The molecule has 318 valence electrons. The van der Waals surface area contributed by atoms with Crippen molar-refractivity contribution in [2.45, 2.75) is 43.9 Å². The fourth-order valence-electron chi connectivity index (χ4n) is 6.20. The molecule has 3 aromatic heterocycles. The third-order valence-corrected chi connectivity index (χ3v) is 13.0. The fourth-order valence-corrected chi connectivity index (χ4v) is 9.98. The molecule has 0 aliphatic carbocycles. The molecule has 0 radical (unpaired) electrons. The summed E-state index contributed by atoms with van der Waals surface area (Å²) in [5.74, 6) is -0.644. The number of aliphatic hydroxyl groups excluding tert-OH is 1. The molecule has 4 heterocycles. The lowest BCUT2D eigenvalue weighted by molar-refractivity contribution is -0.645. The topological polar surface area (TPSA) is 385 Å². The number of pyridine rings is 1. The maximum atomic E-state index is 13.0. The van der Waals surface area contributed by atoms with Crippen molar-refractivity contribution in [3.8, 4) is 0 Å². The second kappa shape index (κ2) is 17.5. The molecule has 6 atom stereocenters. The number of aromatic nitrogens is 5. The highest BCUT2D eigenvalue weighted by Crippen LogP contribution is 2.66. The summed E-state index contributed by atoms with van der Waals surface area (Å²) >= 11 is 4.05. The number of anilines is 3. The van der Waals surface area contributed by atoms with E-state index in [0.29, 0.717) is 24.3 Å². The van der Waals surface area contributed by atoms with E-state index in [9.17, 15) is 38.4 Å². The predicted octanol–water partition coefficient (Wildman–Crippen LogP) is -0.130. The number of aryl methyl sites for hydroxylation is 1. The van der Waals surface area contributed by atoms with Gasteiger partial charge < -0.3 is 62.0 Å². The highest BCUT2D eigenvalue weighted by atomic mass is 32.5. The van der Waals surface area contributed by atoms with Crippen molar-refractivity contribution >= 4 is 96.5 Å². The Morgan fingerprint density at radius 1 is 0.966 bits per heavy atom. The predicted molar refractivity (Wildman–Crippen MR) is 210 cm³/mol. The van der Waals surface area contributed by atoms with E-state index in [-0.39, 0.29) is 42.5 Å². The molecular weight excluding hydrogens is 865 g/mol. The Morgan fingerprint density at radius 2 is 1.61 bits per heavy atom. The van der Waals surface area contributed by atoms with Gasteiger partial charge in [0, 0.05) is 60.2 Å². The van der Waals surface area contributed by atoms with Crippen LogP contribution in [0.1, 0.15) is 19.1 Å². The third kappa shape index (κ3) is 10.9. The van der Waals surface area contributed by atoms with Crippen LogP contribution in [-0.4, -0.2) is 94.2 Å². The largest absolute Gasteiger partial charge is 0.488 e. The highest BCUT2D eigenvalue weighted by molar-refractivity contribution is 8.08. The van der Waals surface area contributed by atoms with Gasteiger partial charge in [-0.1, -0.05) is 0 Å². The second-order valence-corrected chi connectivity index (χ2v) is 18.7. The number of phosphoric acid groups is 2. The number of amides is 2. The number of alkyl carbamates (subject to hydrolysis) is 1. The zero-order valence-electron chi connectivity index (χ0n) is 30.3. The van der Waals surface area contributed by atoms with E-state index in [1.165, 1.54) is 0 Å². The summed E-state index contributed by atoms with van der Waals surface area (Å²) in [5, 5.41) is 18.2. The first-order valence-electron chi connectivity index (χ1n) is 17.2. The molecule has 25 nitrogen and oxygen atoms in total. The number of rotatable bonds is 16. The molecule has 2 amide bonds. The molecule has 2 aromatic carbocycles. The molecule has 14 N–H and O–H groups in total. The van der Waals surface area contributed by atoms with Gasteiger partial charge in [0.25, 0.3) is 5.56 Å². The average Bonchev–Trinajstić information content (AvgIpc) is 3.68. The van der Waals surface area contributed by atoms with Crippen molar-refractivity contribution in [1.29, 1.82) is 0 Å². The van der Waals surface area contributed by atoms with Crippen molar-refractivity contribution in [3.05, 3.63) is 59.1 Å². The summed E-state index contributed by atoms with van der Waals surface area (Å²) in [4.78, 5) is 86.1. The number of nitrogens with one attached hydrogen (secondary N) is 3. The molecule has 6 rings (SSSR count). The number of carbonyl (C=O) groups is 2. The van der Waals surface area contributed by atoms with Gasteiger partial charge in [-0.15, -0.1) is 0 Å². The summed E-state index contributed by atoms with van der Waals surface area (Å²) in [7, 11) is -11.2. The van der Waals surface area contributed by atoms with E-state index in [0.717, 1.165) is 32.7 Å². The lowest BCUT2D eigenvalue weighted by Crippen LogP contribution is -2.41. The number of aliphatic hydroxyl groups is 1. The average molecular weight is 904 g/mol. The van der Waals surface area contributed by atoms with Gasteiger partial charge in [0.2, 0.25) is 22.9 Å². The van der Waals surface area contributed by atoms with Gasteiger partial charge in [0.15, 0.2) is 23.5 Å². The normalized spacial score (nSPS) is 20.4. The number of nitrogens with zero attached hydrogens (tertiary/aromatic N) is 4. The van der Waals surface area contributed by atoms with Crippen molar-refractivity contribution in [3.63, 3.8) is 0 Å². The van der Waals surface area contributed by atoms with Crippen LogP contribution in [0.5, 0.6) is 0 Å². The number of nitrogens with two attached hydrogens (primary N) is 3. The summed E-state index contributed by atoms with van der Waals surface area (Å²) in [6.07, 6.45) is -6.24. The molecule has 2 unspecified atom stereocenters. The number of phosphoric ester groups is 1. The van der Waals surface area contributed by atoms with Crippen LogP contribution in [0.15, 0.2) is 53.6 Å². The van der Waals surface area contributed by atoms with Gasteiger partial charge in [0.05, 0.1) is 12.9 Å². The van der Waals surface area contributed by atoms with Gasteiger partial charge in [-0.25, -0.2) is 23.2 Å². The van der Waals surface area contributed by atoms with Gasteiger partial charge in [0.1, 0.15) is 18.8 Å². The smallest absolute Gasteiger partial charge is 0.439 e. The molecular formula is C30H38N10O15P3S+. The van der Waals surface area contributed by atoms with Gasteiger partial charge in [-0.05, 0) is 42.1 Å². The minimum atomic E-state index is -5.66.